The number of hydrogen-bond donors (Lipinski definition) is 1. The molecule has 5 rings (SSSR count). The van der Waals surface area contributed by atoms with Gasteiger partial charge in [-0.05, 0) is 46.2 Å². The summed E-state index contributed by atoms with van der Waals surface area (Å²) in [7, 11) is 0. The van der Waals surface area contributed by atoms with Crippen LogP contribution in [0.4, 0.5) is 0 Å². The highest BCUT2D eigenvalue weighted by Gasteiger charge is 2.39. The van der Waals surface area contributed by atoms with Crippen LogP contribution < -0.4 is 0 Å². The largest absolute Gasteiger partial charge is 0.385 e. The Morgan fingerprint density at radius 1 is 0.630 bits per heavy atom. The zero-order valence-corrected chi connectivity index (χ0v) is 15.2. The van der Waals surface area contributed by atoms with E-state index in [0.717, 1.165) is 5.56 Å². The van der Waals surface area contributed by atoms with E-state index in [1.807, 2.05) is 0 Å². The SMILES string of the molecule is OC1(c2ccc(C3=C(c4ccccc4)C3c3ccccc3)cc2)CC=CC1. The molecule has 1 N–H and O–H groups in total. The van der Waals surface area contributed by atoms with E-state index in [-0.39, 0.29) is 0 Å². The van der Waals surface area contributed by atoms with Gasteiger partial charge in [0.25, 0.3) is 0 Å². The number of allylic oxidation sites excluding steroid dienone is 2. The number of rotatable bonds is 4. The fraction of sp³-hybridized carbons (Fsp3) is 0.154. The lowest BCUT2D eigenvalue weighted by Gasteiger charge is -2.22. The van der Waals surface area contributed by atoms with Crippen molar-refractivity contribution in [2.24, 2.45) is 0 Å². The molecule has 0 spiro atoms. The second-order valence-electron chi connectivity index (χ2n) is 7.53. The second-order valence-corrected chi connectivity index (χ2v) is 7.53. The van der Waals surface area contributed by atoms with Gasteiger partial charge in [0, 0.05) is 5.92 Å². The molecular formula is C26H22O. The molecule has 0 saturated heterocycles. The maximum absolute atomic E-state index is 10.8. The van der Waals surface area contributed by atoms with Crippen LogP contribution in [0.5, 0.6) is 0 Å². The van der Waals surface area contributed by atoms with Crippen molar-refractivity contribution in [3.05, 3.63) is 119 Å². The zero-order valence-electron chi connectivity index (χ0n) is 15.2. The van der Waals surface area contributed by atoms with Gasteiger partial charge in [0.1, 0.15) is 0 Å². The van der Waals surface area contributed by atoms with Crippen molar-refractivity contribution in [2.45, 2.75) is 24.4 Å². The first-order chi connectivity index (χ1) is 13.3. The summed E-state index contributed by atoms with van der Waals surface area (Å²) in [6.07, 6.45) is 5.54. The molecule has 132 valence electrons. The molecule has 3 aromatic carbocycles. The first-order valence-electron chi connectivity index (χ1n) is 9.59. The minimum absolute atomic E-state index is 0.357. The first kappa shape index (κ1) is 16.3. The van der Waals surface area contributed by atoms with Crippen LogP contribution in [0, 0.1) is 0 Å². The van der Waals surface area contributed by atoms with E-state index in [9.17, 15) is 5.11 Å². The monoisotopic (exact) mass is 350 g/mol. The molecule has 2 aliphatic rings. The van der Waals surface area contributed by atoms with Crippen LogP contribution in [-0.2, 0) is 5.60 Å². The molecule has 1 heteroatoms. The maximum atomic E-state index is 10.8. The lowest BCUT2D eigenvalue weighted by Crippen LogP contribution is -2.21. The first-order valence-corrected chi connectivity index (χ1v) is 9.59. The highest BCUT2D eigenvalue weighted by molar-refractivity contribution is 6.14. The third-order valence-electron chi connectivity index (χ3n) is 5.81. The molecule has 0 heterocycles. The lowest BCUT2D eigenvalue weighted by molar-refractivity contribution is 0.0509. The minimum atomic E-state index is -0.725. The topological polar surface area (TPSA) is 20.2 Å². The standard InChI is InChI=1S/C26H22O/c27-26(17-7-8-18-26)22-15-13-21(14-16-22)25-23(19-9-3-1-4-10-19)24(25)20-11-5-2-6-12-20/h1-16,23,27H,17-18H2. The second kappa shape index (κ2) is 6.37. The third kappa shape index (κ3) is 2.85. The summed E-state index contributed by atoms with van der Waals surface area (Å²) >= 11 is 0. The molecule has 0 aliphatic heterocycles. The van der Waals surface area contributed by atoms with E-state index in [2.05, 4.69) is 97.1 Å². The van der Waals surface area contributed by atoms with Gasteiger partial charge in [-0.25, -0.2) is 0 Å². The Morgan fingerprint density at radius 2 is 1.15 bits per heavy atom. The number of hydrogen-bond acceptors (Lipinski definition) is 1. The van der Waals surface area contributed by atoms with Gasteiger partial charge < -0.3 is 5.11 Å². The highest BCUT2D eigenvalue weighted by Crippen LogP contribution is 2.59. The molecule has 0 amide bonds. The van der Waals surface area contributed by atoms with Crippen molar-refractivity contribution in [3.8, 4) is 0 Å². The Bertz CT molecular complexity index is 1000. The van der Waals surface area contributed by atoms with Crippen LogP contribution in [0.15, 0.2) is 97.1 Å². The molecule has 0 saturated carbocycles. The smallest absolute Gasteiger partial charge is 0.0965 e. The summed E-state index contributed by atoms with van der Waals surface area (Å²) in [6.45, 7) is 0. The highest BCUT2D eigenvalue weighted by atomic mass is 16.3. The predicted octanol–water partition coefficient (Wildman–Crippen LogP) is 5.93. The summed E-state index contributed by atoms with van der Waals surface area (Å²) in [5, 5.41) is 10.8. The van der Waals surface area contributed by atoms with Gasteiger partial charge in [0.2, 0.25) is 0 Å². The van der Waals surface area contributed by atoms with Crippen LogP contribution in [0.2, 0.25) is 0 Å². The maximum Gasteiger partial charge on any atom is 0.0965 e. The Hall–Kier alpha value is -2.90. The molecule has 3 aromatic rings. The summed E-state index contributed by atoms with van der Waals surface area (Å²) in [5.41, 5.74) is 6.98. The van der Waals surface area contributed by atoms with Crippen LogP contribution in [0.25, 0.3) is 11.1 Å². The van der Waals surface area contributed by atoms with E-state index in [0.29, 0.717) is 18.8 Å². The minimum Gasteiger partial charge on any atom is -0.385 e. The molecule has 0 bridgehead atoms. The third-order valence-corrected chi connectivity index (χ3v) is 5.81. The van der Waals surface area contributed by atoms with Crippen LogP contribution in [0.3, 0.4) is 0 Å². The summed E-state index contributed by atoms with van der Waals surface area (Å²) in [6, 6.07) is 29.9. The Kier molecular flexibility index (Phi) is 3.84. The predicted molar refractivity (Wildman–Crippen MR) is 111 cm³/mol. The van der Waals surface area contributed by atoms with Gasteiger partial charge >= 0.3 is 0 Å². The summed E-state index contributed by atoms with van der Waals surface area (Å²) < 4.78 is 0. The van der Waals surface area contributed by atoms with E-state index >= 15 is 0 Å². The van der Waals surface area contributed by atoms with E-state index < -0.39 is 5.60 Å². The van der Waals surface area contributed by atoms with E-state index in [4.69, 9.17) is 0 Å². The Labute approximate surface area is 160 Å². The van der Waals surface area contributed by atoms with Gasteiger partial charge in [-0.2, -0.15) is 0 Å². The molecular weight excluding hydrogens is 328 g/mol. The molecule has 2 aliphatic carbocycles. The van der Waals surface area contributed by atoms with Crippen LogP contribution in [0.1, 0.15) is 41.0 Å². The molecule has 0 radical (unpaired) electrons. The normalized spacial score (nSPS) is 20.1. The van der Waals surface area contributed by atoms with E-state index in [1.165, 1.54) is 27.8 Å². The van der Waals surface area contributed by atoms with Crippen molar-refractivity contribution in [1.29, 1.82) is 0 Å². The molecule has 1 nitrogen and oxygen atoms in total. The van der Waals surface area contributed by atoms with Gasteiger partial charge in [-0.15, -0.1) is 0 Å². The molecule has 0 aromatic heterocycles. The fourth-order valence-corrected chi connectivity index (χ4v) is 4.30. The van der Waals surface area contributed by atoms with Crippen molar-refractivity contribution >= 4 is 11.1 Å². The quantitative estimate of drug-likeness (QED) is 0.578. The average Bonchev–Trinajstić information content (AvgIpc) is 3.33. The number of benzene rings is 3. The lowest BCUT2D eigenvalue weighted by atomic mass is 9.90. The molecule has 1 atom stereocenters. The van der Waals surface area contributed by atoms with Gasteiger partial charge in [-0.1, -0.05) is 97.1 Å². The van der Waals surface area contributed by atoms with Crippen LogP contribution >= 0.6 is 0 Å². The average molecular weight is 350 g/mol. The van der Waals surface area contributed by atoms with Crippen LogP contribution in [-0.4, -0.2) is 5.11 Å². The molecule has 27 heavy (non-hydrogen) atoms. The van der Waals surface area contributed by atoms with Gasteiger partial charge in [0.05, 0.1) is 5.60 Å². The number of aliphatic hydroxyl groups is 1. The van der Waals surface area contributed by atoms with Crippen molar-refractivity contribution in [2.75, 3.05) is 0 Å². The zero-order chi connectivity index (χ0) is 18.3. The Morgan fingerprint density at radius 3 is 1.74 bits per heavy atom. The summed E-state index contributed by atoms with van der Waals surface area (Å²) in [4.78, 5) is 0. The molecule has 0 fully saturated rings. The van der Waals surface area contributed by atoms with Gasteiger partial charge in [-0.3, -0.25) is 0 Å². The summed E-state index contributed by atoms with van der Waals surface area (Å²) in [5.74, 6) is 0.357. The molecule has 1 unspecified atom stereocenters. The Balaban J connectivity index is 1.52. The van der Waals surface area contributed by atoms with Gasteiger partial charge in [0.15, 0.2) is 0 Å². The van der Waals surface area contributed by atoms with Crippen molar-refractivity contribution in [3.63, 3.8) is 0 Å². The van der Waals surface area contributed by atoms with Crippen molar-refractivity contribution < 1.29 is 5.11 Å². The fourth-order valence-electron chi connectivity index (χ4n) is 4.30. The van der Waals surface area contributed by atoms with E-state index in [1.54, 1.807) is 0 Å². The van der Waals surface area contributed by atoms with Crippen molar-refractivity contribution in [1.82, 2.24) is 0 Å².